The quantitative estimate of drug-likeness (QED) is 0.744. The molecule has 106 valence electrons. The molecule has 0 saturated heterocycles. The van der Waals surface area contributed by atoms with Crippen molar-refractivity contribution in [3.05, 3.63) is 59.9 Å². The van der Waals surface area contributed by atoms with Crippen LogP contribution in [0.3, 0.4) is 0 Å². The third-order valence-corrected chi connectivity index (χ3v) is 3.47. The highest BCUT2D eigenvalue weighted by atomic mass is 16.3. The van der Waals surface area contributed by atoms with Gasteiger partial charge in [0.05, 0.1) is 11.8 Å². The highest BCUT2D eigenvalue weighted by Gasteiger charge is 2.08. The van der Waals surface area contributed by atoms with E-state index in [-0.39, 0.29) is 0 Å². The maximum Gasteiger partial charge on any atom is 0.0978 e. The molecule has 0 radical (unpaired) electrons. The molecule has 1 aromatic carbocycles. The van der Waals surface area contributed by atoms with Gasteiger partial charge < -0.3 is 5.11 Å². The molecule has 20 heavy (non-hydrogen) atoms. The predicted molar refractivity (Wildman–Crippen MR) is 80.2 cm³/mol. The number of rotatable bonds is 8. The van der Waals surface area contributed by atoms with Crippen LogP contribution in [0.15, 0.2) is 48.7 Å². The van der Waals surface area contributed by atoms with Crippen molar-refractivity contribution in [3.8, 4) is 0 Å². The molecular weight excluding hydrogens is 248 g/mol. The van der Waals surface area contributed by atoms with Gasteiger partial charge in [0.15, 0.2) is 0 Å². The lowest BCUT2D eigenvalue weighted by Gasteiger charge is -2.08. The average molecular weight is 270 g/mol. The summed E-state index contributed by atoms with van der Waals surface area (Å²) in [5.41, 5.74) is 2.09. The highest BCUT2D eigenvalue weighted by molar-refractivity contribution is 5.14. The van der Waals surface area contributed by atoms with E-state index in [1.165, 1.54) is 18.4 Å². The van der Waals surface area contributed by atoms with Crippen molar-refractivity contribution in [3.63, 3.8) is 0 Å². The Hall–Kier alpha value is -1.74. The van der Waals surface area contributed by atoms with Crippen molar-refractivity contribution < 1.29 is 5.11 Å². The van der Waals surface area contributed by atoms with Crippen LogP contribution in [-0.4, -0.2) is 15.3 Å². The number of aliphatic hydroxyl groups is 1. The molecule has 0 amide bonds. The van der Waals surface area contributed by atoms with E-state index in [1.807, 2.05) is 12.1 Å². The summed E-state index contributed by atoms with van der Waals surface area (Å²) < 4.78 is 0. The van der Waals surface area contributed by atoms with Gasteiger partial charge in [-0.05, 0) is 37.0 Å². The minimum absolute atomic E-state index is 0.474. The van der Waals surface area contributed by atoms with E-state index in [2.05, 4.69) is 40.5 Å². The van der Waals surface area contributed by atoms with Crippen LogP contribution < -0.4 is 0 Å². The maximum atomic E-state index is 9.95. The SMILES string of the molecule is O[C@H](CCCCCCc1ccccc1)c1cccnn1. The lowest BCUT2D eigenvalue weighted by atomic mass is 10.0. The van der Waals surface area contributed by atoms with Crippen molar-refractivity contribution in [1.29, 1.82) is 0 Å². The van der Waals surface area contributed by atoms with Gasteiger partial charge in [-0.15, -0.1) is 0 Å². The van der Waals surface area contributed by atoms with E-state index in [0.717, 1.165) is 25.7 Å². The molecule has 0 aliphatic carbocycles. The van der Waals surface area contributed by atoms with Gasteiger partial charge in [-0.1, -0.05) is 49.6 Å². The zero-order chi connectivity index (χ0) is 14.0. The molecule has 3 heteroatoms. The van der Waals surface area contributed by atoms with Gasteiger partial charge in [0, 0.05) is 6.20 Å². The van der Waals surface area contributed by atoms with Crippen molar-refractivity contribution >= 4 is 0 Å². The van der Waals surface area contributed by atoms with Gasteiger partial charge >= 0.3 is 0 Å². The molecule has 1 aromatic heterocycles. The van der Waals surface area contributed by atoms with Gasteiger partial charge in [-0.3, -0.25) is 0 Å². The third kappa shape index (κ3) is 5.10. The number of hydrogen-bond acceptors (Lipinski definition) is 3. The lowest BCUT2D eigenvalue weighted by molar-refractivity contribution is 0.157. The lowest BCUT2D eigenvalue weighted by Crippen LogP contribution is -2.01. The second-order valence-electron chi connectivity index (χ2n) is 5.10. The molecule has 1 heterocycles. The molecule has 0 spiro atoms. The first kappa shape index (κ1) is 14.7. The highest BCUT2D eigenvalue weighted by Crippen LogP contribution is 2.17. The molecule has 0 aliphatic heterocycles. The maximum absolute atomic E-state index is 9.95. The number of aryl methyl sites for hydroxylation is 1. The fraction of sp³-hybridized carbons (Fsp3) is 0.412. The van der Waals surface area contributed by atoms with Crippen LogP contribution in [0.5, 0.6) is 0 Å². The second kappa shape index (κ2) is 8.43. The molecule has 1 N–H and O–H groups in total. The fourth-order valence-corrected chi connectivity index (χ4v) is 2.30. The predicted octanol–water partition coefficient (Wildman–Crippen LogP) is 3.70. The summed E-state index contributed by atoms with van der Waals surface area (Å²) in [5.74, 6) is 0. The zero-order valence-corrected chi connectivity index (χ0v) is 11.8. The molecule has 3 nitrogen and oxygen atoms in total. The molecule has 2 rings (SSSR count). The Balaban J connectivity index is 1.56. The van der Waals surface area contributed by atoms with E-state index >= 15 is 0 Å². The fourth-order valence-electron chi connectivity index (χ4n) is 2.30. The third-order valence-electron chi connectivity index (χ3n) is 3.47. The van der Waals surface area contributed by atoms with Crippen molar-refractivity contribution in [1.82, 2.24) is 10.2 Å². The van der Waals surface area contributed by atoms with Gasteiger partial charge in [0.1, 0.15) is 0 Å². The Bertz CT molecular complexity index is 473. The van der Waals surface area contributed by atoms with Gasteiger partial charge in [-0.25, -0.2) is 0 Å². The molecule has 0 fully saturated rings. The topological polar surface area (TPSA) is 46.0 Å². The van der Waals surface area contributed by atoms with E-state index < -0.39 is 6.10 Å². The first-order chi connectivity index (χ1) is 9.86. The van der Waals surface area contributed by atoms with Crippen LogP contribution in [0, 0.1) is 0 Å². The van der Waals surface area contributed by atoms with Crippen LogP contribution >= 0.6 is 0 Å². The summed E-state index contributed by atoms with van der Waals surface area (Å²) in [6, 6.07) is 14.2. The number of aliphatic hydroxyl groups excluding tert-OH is 1. The minimum Gasteiger partial charge on any atom is -0.387 e. The number of aromatic nitrogens is 2. The summed E-state index contributed by atoms with van der Waals surface area (Å²) in [7, 11) is 0. The molecule has 0 bridgehead atoms. The summed E-state index contributed by atoms with van der Waals surface area (Å²) >= 11 is 0. The van der Waals surface area contributed by atoms with Gasteiger partial charge in [0.2, 0.25) is 0 Å². The Morgan fingerprint density at radius 3 is 2.45 bits per heavy atom. The van der Waals surface area contributed by atoms with E-state index in [9.17, 15) is 5.11 Å². The van der Waals surface area contributed by atoms with Crippen LogP contribution in [0.2, 0.25) is 0 Å². The Morgan fingerprint density at radius 2 is 1.70 bits per heavy atom. The molecule has 0 saturated carbocycles. The Morgan fingerprint density at radius 1 is 0.900 bits per heavy atom. The first-order valence-electron chi connectivity index (χ1n) is 7.36. The summed E-state index contributed by atoms with van der Waals surface area (Å²) in [6.07, 6.45) is 7.68. The molecule has 0 unspecified atom stereocenters. The molecular formula is C17H22N2O. The van der Waals surface area contributed by atoms with Crippen molar-refractivity contribution in [2.24, 2.45) is 0 Å². The van der Waals surface area contributed by atoms with Gasteiger partial charge in [0.25, 0.3) is 0 Å². The van der Waals surface area contributed by atoms with E-state index in [4.69, 9.17) is 0 Å². The number of hydrogen-bond donors (Lipinski definition) is 1. The number of nitrogens with zero attached hydrogens (tertiary/aromatic N) is 2. The largest absolute Gasteiger partial charge is 0.387 e. The van der Waals surface area contributed by atoms with Gasteiger partial charge in [-0.2, -0.15) is 10.2 Å². The number of benzene rings is 1. The Labute approximate surface area is 120 Å². The zero-order valence-electron chi connectivity index (χ0n) is 11.8. The number of unbranched alkanes of at least 4 members (excludes halogenated alkanes) is 3. The van der Waals surface area contributed by atoms with Crippen molar-refractivity contribution in [2.75, 3.05) is 0 Å². The Kier molecular flexibility index (Phi) is 6.18. The minimum atomic E-state index is -0.474. The van der Waals surface area contributed by atoms with Crippen LogP contribution in [0.4, 0.5) is 0 Å². The smallest absolute Gasteiger partial charge is 0.0978 e. The van der Waals surface area contributed by atoms with Crippen LogP contribution in [0.1, 0.15) is 49.5 Å². The first-order valence-corrected chi connectivity index (χ1v) is 7.36. The average Bonchev–Trinajstić information content (AvgIpc) is 2.52. The summed E-state index contributed by atoms with van der Waals surface area (Å²) in [4.78, 5) is 0. The van der Waals surface area contributed by atoms with E-state index in [1.54, 1.807) is 6.20 Å². The summed E-state index contributed by atoms with van der Waals surface area (Å²) in [5, 5.41) is 17.7. The second-order valence-corrected chi connectivity index (χ2v) is 5.10. The van der Waals surface area contributed by atoms with Crippen LogP contribution in [-0.2, 0) is 6.42 Å². The summed E-state index contributed by atoms with van der Waals surface area (Å²) in [6.45, 7) is 0. The molecule has 2 aromatic rings. The normalized spacial score (nSPS) is 12.2. The van der Waals surface area contributed by atoms with Crippen molar-refractivity contribution in [2.45, 2.75) is 44.6 Å². The monoisotopic (exact) mass is 270 g/mol. The molecule has 1 atom stereocenters. The van der Waals surface area contributed by atoms with E-state index in [0.29, 0.717) is 5.69 Å². The molecule has 0 aliphatic rings. The standard InChI is InChI=1S/C17H22N2O/c20-17(16-12-8-14-18-19-16)13-7-2-1-4-9-15-10-5-3-6-11-15/h3,5-6,8,10-12,14,17,20H,1-2,4,7,9,13H2/t17-/m1/s1. The van der Waals surface area contributed by atoms with Crippen LogP contribution in [0.25, 0.3) is 0 Å².